The van der Waals surface area contributed by atoms with Crippen molar-refractivity contribution < 1.29 is 14.3 Å². The van der Waals surface area contributed by atoms with E-state index in [2.05, 4.69) is 15.6 Å². The smallest absolute Gasteiger partial charge is 0.232 e. The standard InChI is InChI=1S/C20H19N3O3S/c1-2-26-15-8-5-9-16-18(15)23-20(27-16)22-17(24)11-10-13-12-6-3-4-7-14(12)21-19(13)25/h3-9,13H,2,10-11H2,1H3,(H,21,25)(H,22,23,24). The molecule has 6 nitrogen and oxygen atoms in total. The number of aromatic nitrogens is 1. The van der Waals surface area contributed by atoms with Crippen LogP contribution in [0.3, 0.4) is 0 Å². The van der Waals surface area contributed by atoms with E-state index in [0.29, 0.717) is 23.9 Å². The van der Waals surface area contributed by atoms with Crippen LogP contribution >= 0.6 is 11.3 Å². The molecule has 3 aromatic rings. The number of nitrogens with zero attached hydrogens (tertiary/aromatic N) is 1. The molecule has 0 bridgehead atoms. The number of hydrogen-bond acceptors (Lipinski definition) is 5. The molecule has 1 aromatic heterocycles. The van der Waals surface area contributed by atoms with E-state index < -0.39 is 0 Å². The summed E-state index contributed by atoms with van der Waals surface area (Å²) < 4.78 is 6.54. The van der Waals surface area contributed by atoms with E-state index in [4.69, 9.17) is 4.74 Å². The highest BCUT2D eigenvalue weighted by Gasteiger charge is 2.30. The highest BCUT2D eigenvalue weighted by Crippen LogP contribution is 2.35. The van der Waals surface area contributed by atoms with Gasteiger partial charge < -0.3 is 15.4 Å². The lowest BCUT2D eigenvalue weighted by Crippen LogP contribution is -2.16. The van der Waals surface area contributed by atoms with Crippen LogP contribution in [-0.4, -0.2) is 23.4 Å². The van der Waals surface area contributed by atoms with Crippen molar-refractivity contribution in [2.45, 2.75) is 25.7 Å². The largest absolute Gasteiger partial charge is 0.492 e. The van der Waals surface area contributed by atoms with Gasteiger partial charge in [-0.05, 0) is 37.1 Å². The highest BCUT2D eigenvalue weighted by molar-refractivity contribution is 7.22. The third-order valence-electron chi connectivity index (χ3n) is 4.50. The van der Waals surface area contributed by atoms with Gasteiger partial charge >= 0.3 is 0 Å². The van der Waals surface area contributed by atoms with Crippen molar-refractivity contribution in [3.8, 4) is 5.75 Å². The molecule has 1 aliphatic heterocycles. The van der Waals surface area contributed by atoms with Crippen molar-refractivity contribution in [3.05, 3.63) is 48.0 Å². The van der Waals surface area contributed by atoms with Crippen LogP contribution in [0.25, 0.3) is 10.2 Å². The maximum absolute atomic E-state index is 12.4. The van der Waals surface area contributed by atoms with E-state index in [1.807, 2.05) is 49.4 Å². The van der Waals surface area contributed by atoms with Gasteiger partial charge in [-0.25, -0.2) is 4.98 Å². The minimum atomic E-state index is -0.285. The lowest BCUT2D eigenvalue weighted by Gasteiger charge is -2.08. The molecule has 1 atom stereocenters. The van der Waals surface area contributed by atoms with E-state index in [-0.39, 0.29) is 24.2 Å². The van der Waals surface area contributed by atoms with Gasteiger partial charge in [-0.15, -0.1) is 0 Å². The summed E-state index contributed by atoms with van der Waals surface area (Å²) in [6.45, 7) is 2.48. The lowest BCUT2D eigenvalue weighted by molar-refractivity contribution is -0.118. The van der Waals surface area contributed by atoms with Crippen LogP contribution < -0.4 is 15.4 Å². The Labute approximate surface area is 160 Å². The van der Waals surface area contributed by atoms with Gasteiger partial charge in [-0.3, -0.25) is 9.59 Å². The molecule has 0 aliphatic carbocycles. The van der Waals surface area contributed by atoms with Gasteiger partial charge in [0.05, 0.1) is 17.2 Å². The van der Waals surface area contributed by atoms with Crippen molar-refractivity contribution >= 4 is 44.2 Å². The number of fused-ring (bicyclic) bond motifs is 2. The number of thiazole rings is 1. The van der Waals surface area contributed by atoms with Crippen LogP contribution in [0.1, 0.15) is 31.2 Å². The third kappa shape index (κ3) is 3.50. The molecule has 0 radical (unpaired) electrons. The fourth-order valence-electron chi connectivity index (χ4n) is 3.27. The topological polar surface area (TPSA) is 80.3 Å². The average Bonchev–Trinajstić information content (AvgIpc) is 3.20. The summed E-state index contributed by atoms with van der Waals surface area (Å²) in [7, 11) is 0. The summed E-state index contributed by atoms with van der Waals surface area (Å²) in [4.78, 5) is 29.0. The number of carbonyl (C=O) groups is 2. The second kappa shape index (κ2) is 7.36. The molecule has 0 spiro atoms. The van der Waals surface area contributed by atoms with Crippen LogP contribution in [0, 0.1) is 0 Å². The van der Waals surface area contributed by atoms with Crippen LogP contribution in [-0.2, 0) is 9.59 Å². The summed E-state index contributed by atoms with van der Waals surface area (Å²) in [6, 6.07) is 13.3. The van der Waals surface area contributed by atoms with Gasteiger partial charge in [0, 0.05) is 12.1 Å². The Morgan fingerprint density at radius 2 is 2.11 bits per heavy atom. The van der Waals surface area contributed by atoms with E-state index in [1.165, 1.54) is 11.3 Å². The average molecular weight is 381 g/mol. The molecule has 2 N–H and O–H groups in total. The van der Waals surface area contributed by atoms with E-state index >= 15 is 0 Å². The van der Waals surface area contributed by atoms with Crippen molar-refractivity contribution in [2.24, 2.45) is 0 Å². The maximum atomic E-state index is 12.4. The summed E-state index contributed by atoms with van der Waals surface area (Å²) >= 11 is 1.41. The van der Waals surface area contributed by atoms with Crippen molar-refractivity contribution in [1.29, 1.82) is 0 Å². The molecule has 0 saturated carbocycles. The zero-order valence-corrected chi connectivity index (χ0v) is 15.6. The van der Waals surface area contributed by atoms with Crippen LogP contribution in [0.2, 0.25) is 0 Å². The lowest BCUT2D eigenvalue weighted by atomic mass is 9.95. The number of benzene rings is 2. The Bertz CT molecular complexity index is 1010. The normalized spacial score (nSPS) is 15.4. The second-order valence-corrected chi connectivity index (χ2v) is 7.30. The Morgan fingerprint density at radius 3 is 2.96 bits per heavy atom. The number of nitrogens with one attached hydrogen (secondary N) is 2. The highest BCUT2D eigenvalue weighted by atomic mass is 32.1. The molecule has 2 heterocycles. The predicted molar refractivity (Wildman–Crippen MR) is 106 cm³/mol. The first-order valence-electron chi connectivity index (χ1n) is 8.87. The summed E-state index contributed by atoms with van der Waals surface area (Å²) in [5.41, 5.74) is 2.54. The SMILES string of the molecule is CCOc1cccc2sc(NC(=O)CCC3C(=O)Nc4ccccc43)nc12. The molecule has 1 unspecified atom stereocenters. The molecular formula is C20H19N3O3S. The Hall–Kier alpha value is -2.93. The summed E-state index contributed by atoms with van der Waals surface area (Å²) in [5.74, 6) is 0.229. The fraction of sp³-hybridized carbons (Fsp3) is 0.250. The molecule has 0 saturated heterocycles. The predicted octanol–water partition coefficient (Wildman–Crippen LogP) is 4.15. The monoisotopic (exact) mass is 381 g/mol. The van der Waals surface area contributed by atoms with Crippen molar-refractivity contribution in [3.63, 3.8) is 0 Å². The van der Waals surface area contributed by atoms with E-state index in [1.54, 1.807) is 0 Å². The molecule has 2 aromatic carbocycles. The Morgan fingerprint density at radius 1 is 1.26 bits per heavy atom. The number of carbonyl (C=O) groups excluding carboxylic acids is 2. The summed E-state index contributed by atoms with van der Waals surface area (Å²) in [5, 5.41) is 6.25. The third-order valence-corrected chi connectivity index (χ3v) is 5.43. The van der Waals surface area contributed by atoms with Gasteiger partial charge in [0.15, 0.2) is 5.13 Å². The summed E-state index contributed by atoms with van der Waals surface area (Å²) in [6.07, 6.45) is 0.713. The number of hydrogen-bond donors (Lipinski definition) is 2. The number of amides is 2. The minimum Gasteiger partial charge on any atom is -0.492 e. The van der Waals surface area contributed by atoms with E-state index in [0.717, 1.165) is 21.5 Å². The zero-order valence-electron chi connectivity index (χ0n) is 14.8. The van der Waals surface area contributed by atoms with Gasteiger partial charge in [-0.1, -0.05) is 35.6 Å². The van der Waals surface area contributed by atoms with Gasteiger partial charge in [0.2, 0.25) is 11.8 Å². The van der Waals surface area contributed by atoms with Crippen molar-refractivity contribution in [1.82, 2.24) is 4.98 Å². The number of ether oxygens (including phenoxy) is 1. The number of rotatable bonds is 6. The van der Waals surface area contributed by atoms with Crippen LogP contribution in [0.4, 0.5) is 10.8 Å². The Balaban J connectivity index is 1.42. The van der Waals surface area contributed by atoms with Crippen molar-refractivity contribution in [2.75, 3.05) is 17.2 Å². The molecule has 27 heavy (non-hydrogen) atoms. The molecule has 0 fully saturated rings. The zero-order chi connectivity index (χ0) is 18.8. The van der Waals surface area contributed by atoms with Gasteiger partial charge in [-0.2, -0.15) is 0 Å². The number of para-hydroxylation sites is 2. The second-order valence-electron chi connectivity index (χ2n) is 6.27. The maximum Gasteiger partial charge on any atom is 0.232 e. The van der Waals surface area contributed by atoms with E-state index in [9.17, 15) is 9.59 Å². The first-order valence-corrected chi connectivity index (χ1v) is 9.69. The first-order chi connectivity index (χ1) is 13.2. The minimum absolute atomic E-state index is 0.0506. The molecule has 4 rings (SSSR count). The number of anilines is 2. The quantitative estimate of drug-likeness (QED) is 0.672. The van der Waals surface area contributed by atoms with Gasteiger partial charge in [0.1, 0.15) is 11.3 Å². The fourth-order valence-corrected chi connectivity index (χ4v) is 4.17. The molecule has 2 amide bonds. The Kier molecular flexibility index (Phi) is 4.77. The van der Waals surface area contributed by atoms with Crippen LogP contribution in [0.5, 0.6) is 5.75 Å². The molecule has 1 aliphatic rings. The van der Waals surface area contributed by atoms with Crippen LogP contribution in [0.15, 0.2) is 42.5 Å². The molecule has 7 heteroatoms. The first kappa shape index (κ1) is 17.5. The molecule has 138 valence electrons. The molecular weight excluding hydrogens is 362 g/mol. The van der Waals surface area contributed by atoms with Gasteiger partial charge in [0.25, 0.3) is 0 Å².